The van der Waals surface area contributed by atoms with Gasteiger partial charge in [0.1, 0.15) is 0 Å². The number of allylic oxidation sites excluding steroid dienone is 1. The van der Waals surface area contributed by atoms with E-state index in [-0.39, 0.29) is 0 Å². The lowest BCUT2D eigenvalue weighted by Crippen LogP contribution is -2.12. The predicted molar refractivity (Wildman–Crippen MR) is 85.4 cm³/mol. The molecule has 0 aliphatic carbocycles. The zero-order chi connectivity index (χ0) is 15.3. The Morgan fingerprint density at radius 2 is 1.67 bits per heavy atom. The third kappa shape index (κ3) is 4.46. The molecule has 4 heteroatoms. The van der Waals surface area contributed by atoms with Crippen molar-refractivity contribution in [3.63, 3.8) is 0 Å². The molecule has 0 atom stereocenters. The van der Waals surface area contributed by atoms with Crippen molar-refractivity contribution >= 4 is 9.84 Å². The van der Waals surface area contributed by atoms with Crippen LogP contribution in [0.2, 0.25) is 0 Å². The van der Waals surface area contributed by atoms with Gasteiger partial charge in [-0.1, -0.05) is 48.0 Å². The molecule has 0 aliphatic rings. The zero-order valence-corrected chi connectivity index (χ0v) is 13.0. The normalized spacial score (nSPS) is 12.2. The van der Waals surface area contributed by atoms with Crippen LogP contribution in [0.1, 0.15) is 18.1 Å². The Kier molecular flexibility index (Phi) is 4.81. The van der Waals surface area contributed by atoms with E-state index < -0.39 is 9.84 Å². The van der Waals surface area contributed by atoms with Crippen LogP contribution in [-0.4, -0.2) is 8.42 Å². The monoisotopic (exact) mass is 301 g/mol. The maximum Gasteiger partial charge on any atom is 0.201 e. The fraction of sp³-hybridized carbons (Fsp3) is 0.176. The number of rotatable bonds is 5. The van der Waals surface area contributed by atoms with E-state index in [0.717, 1.165) is 11.1 Å². The SMILES string of the molecule is C/C(=C\S(=O)(=O)c1ccc(C)cc1)NCc1ccccc1. The zero-order valence-electron chi connectivity index (χ0n) is 12.2. The van der Waals surface area contributed by atoms with E-state index in [0.29, 0.717) is 17.1 Å². The van der Waals surface area contributed by atoms with E-state index in [1.165, 1.54) is 5.41 Å². The van der Waals surface area contributed by atoms with Crippen LogP contribution in [0.5, 0.6) is 0 Å². The summed E-state index contributed by atoms with van der Waals surface area (Å²) in [6.45, 7) is 4.29. The largest absolute Gasteiger partial charge is 0.384 e. The summed E-state index contributed by atoms with van der Waals surface area (Å²) in [4.78, 5) is 0.314. The van der Waals surface area contributed by atoms with E-state index in [4.69, 9.17) is 0 Å². The Bertz CT molecular complexity index is 717. The van der Waals surface area contributed by atoms with Crippen LogP contribution >= 0.6 is 0 Å². The van der Waals surface area contributed by atoms with Crippen LogP contribution in [0.3, 0.4) is 0 Å². The van der Waals surface area contributed by atoms with Gasteiger partial charge in [-0.05, 0) is 31.5 Å². The summed E-state index contributed by atoms with van der Waals surface area (Å²) >= 11 is 0. The van der Waals surface area contributed by atoms with E-state index in [2.05, 4.69) is 5.32 Å². The van der Waals surface area contributed by atoms with Gasteiger partial charge < -0.3 is 5.32 Å². The Hall–Kier alpha value is -2.07. The first-order chi connectivity index (χ1) is 9.97. The summed E-state index contributed by atoms with van der Waals surface area (Å²) in [5.74, 6) is 0. The standard InChI is InChI=1S/C17H19NO2S/c1-14-8-10-17(11-9-14)21(19,20)13-15(2)18-12-16-6-4-3-5-7-16/h3-11,13,18H,12H2,1-2H3/b15-13+. The van der Waals surface area contributed by atoms with E-state index >= 15 is 0 Å². The molecule has 110 valence electrons. The molecule has 1 N–H and O–H groups in total. The first-order valence-corrected chi connectivity index (χ1v) is 8.30. The minimum Gasteiger partial charge on any atom is -0.384 e. The lowest BCUT2D eigenvalue weighted by Gasteiger charge is -2.07. The Morgan fingerprint density at radius 3 is 2.29 bits per heavy atom. The van der Waals surface area contributed by atoms with Gasteiger partial charge in [0.2, 0.25) is 9.84 Å². The van der Waals surface area contributed by atoms with Crippen molar-refractivity contribution in [2.75, 3.05) is 0 Å². The number of nitrogens with one attached hydrogen (secondary N) is 1. The number of sulfone groups is 1. The molecule has 3 nitrogen and oxygen atoms in total. The van der Waals surface area contributed by atoms with Crippen LogP contribution in [0.15, 0.2) is 70.6 Å². The summed E-state index contributed by atoms with van der Waals surface area (Å²) in [6, 6.07) is 16.7. The molecule has 0 saturated heterocycles. The van der Waals surface area contributed by atoms with Crippen molar-refractivity contribution in [1.82, 2.24) is 5.32 Å². The van der Waals surface area contributed by atoms with Crippen LogP contribution in [-0.2, 0) is 16.4 Å². The highest BCUT2D eigenvalue weighted by Crippen LogP contribution is 2.14. The van der Waals surface area contributed by atoms with Crippen molar-refractivity contribution in [3.05, 3.63) is 76.8 Å². The maximum absolute atomic E-state index is 12.2. The molecule has 0 heterocycles. The predicted octanol–water partition coefficient (Wildman–Crippen LogP) is 3.42. The van der Waals surface area contributed by atoms with Crippen LogP contribution < -0.4 is 5.32 Å². The molecule has 0 fully saturated rings. The number of hydrogen-bond acceptors (Lipinski definition) is 3. The van der Waals surface area contributed by atoms with Gasteiger partial charge in [0.05, 0.1) is 10.3 Å². The average molecular weight is 301 g/mol. The summed E-state index contributed by atoms with van der Waals surface area (Å²) in [5.41, 5.74) is 2.77. The van der Waals surface area contributed by atoms with E-state index in [9.17, 15) is 8.42 Å². The van der Waals surface area contributed by atoms with Gasteiger partial charge in [-0.15, -0.1) is 0 Å². The second-order valence-electron chi connectivity index (χ2n) is 5.00. The Balaban J connectivity index is 2.08. The van der Waals surface area contributed by atoms with Crippen molar-refractivity contribution in [1.29, 1.82) is 0 Å². The average Bonchev–Trinajstić information content (AvgIpc) is 2.46. The number of aryl methyl sites for hydroxylation is 1. The number of benzene rings is 2. The summed E-state index contributed by atoms with van der Waals surface area (Å²) < 4.78 is 24.5. The highest BCUT2D eigenvalue weighted by Gasteiger charge is 2.11. The molecule has 21 heavy (non-hydrogen) atoms. The third-order valence-corrected chi connectivity index (χ3v) is 4.69. The maximum atomic E-state index is 12.2. The van der Waals surface area contributed by atoms with Crippen molar-refractivity contribution < 1.29 is 8.42 Å². The van der Waals surface area contributed by atoms with Gasteiger partial charge in [0.15, 0.2) is 0 Å². The highest BCUT2D eigenvalue weighted by molar-refractivity contribution is 7.94. The molecule has 0 bridgehead atoms. The Morgan fingerprint density at radius 1 is 1.05 bits per heavy atom. The second-order valence-corrected chi connectivity index (χ2v) is 6.80. The lowest BCUT2D eigenvalue weighted by molar-refractivity contribution is 0.604. The van der Waals surface area contributed by atoms with Gasteiger partial charge in [-0.2, -0.15) is 0 Å². The molecular formula is C17H19NO2S. The van der Waals surface area contributed by atoms with Gasteiger partial charge in [-0.3, -0.25) is 0 Å². The summed E-state index contributed by atoms with van der Waals surface area (Å²) in [6.07, 6.45) is 0. The third-order valence-electron chi connectivity index (χ3n) is 3.10. The molecule has 0 amide bonds. The first kappa shape index (κ1) is 15.3. The minimum absolute atomic E-state index is 0.314. The van der Waals surface area contributed by atoms with Gasteiger partial charge in [0, 0.05) is 12.2 Å². The topological polar surface area (TPSA) is 46.2 Å². The molecule has 0 spiro atoms. The summed E-state index contributed by atoms with van der Waals surface area (Å²) in [5, 5.41) is 4.40. The quantitative estimate of drug-likeness (QED) is 0.920. The molecule has 0 saturated carbocycles. The molecule has 0 radical (unpaired) electrons. The van der Waals surface area contributed by atoms with Crippen LogP contribution in [0.25, 0.3) is 0 Å². The molecule has 0 aromatic heterocycles. The highest BCUT2D eigenvalue weighted by atomic mass is 32.2. The second kappa shape index (κ2) is 6.59. The molecule has 0 aliphatic heterocycles. The lowest BCUT2D eigenvalue weighted by atomic mass is 10.2. The molecular weight excluding hydrogens is 282 g/mol. The van der Waals surface area contributed by atoms with E-state index in [1.54, 1.807) is 31.2 Å². The van der Waals surface area contributed by atoms with E-state index in [1.807, 2.05) is 37.3 Å². The van der Waals surface area contributed by atoms with Crippen molar-refractivity contribution in [3.8, 4) is 0 Å². The Labute approximate surface area is 126 Å². The van der Waals surface area contributed by atoms with Crippen molar-refractivity contribution in [2.45, 2.75) is 25.3 Å². The van der Waals surface area contributed by atoms with Crippen molar-refractivity contribution in [2.24, 2.45) is 0 Å². The fourth-order valence-electron chi connectivity index (χ4n) is 1.91. The summed E-state index contributed by atoms with van der Waals surface area (Å²) in [7, 11) is -3.41. The first-order valence-electron chi connectivity index (χ1n) is 6.75. The molecule has 2 aromatic carbocycles. The molecule has 2 aromatic rings. The number of hydrogen-bond donors (Lipinski definition) is 1. The molecule has 0 unspecified atom stereocenters. The minimum atomic E-state index is -3.41. The van der Waals surface area contributed by atoms with Crippen LogP contribution in [0, 0.1) is 6.92 Å². The van der Waals surface area contributed by atoms with Gasteiger partial charge >= 0.3 is 0 Å². The van der Waals surface area contributed by atoms with Gasteiger partial charge in [0.25, 0.3) is 0 Å². The van der Waals surface area contributed by atoms with Gasteiger partial charge in [-0.25, -0.2) is 8.42 Å². The smallest absolute Gasteiger partial charge is 0.201 e. The molecule has 2 rings (SSSR count). The van der Waals surface area contributed by atoms with Crippen LogP contribution in [0.4, 0.5) is 0 Å². The fourth-order valence-corrected chi connectivity index (χ4v) is 3.11.